The summed E-state index contributed by atoms with van der Waals surface area (Å²) in [5, 5.41) is 4.74. The van der Waals surface area contributed by atoms with Crippen LogP contribution in [0.15, 0.2) is 24.5 Å². The first-order valence-corrected chi connectivity index (χ1v) is 5.99. The molecule has 2 atom stereocenters. The largest absolute Gasteiger partial charge is 0.346 e. The molecule has 0 aliphatic carbocycles. The second-order valence-electron chi connectivity index (χ2n) is 4.72. The standard InChI is InChI=1S/C13H17N3/c1-9-7-14-6-4-10(9)12-8-16-13-11(12)3-2-5-15-13/h2-3,5,8-10,14H,4,6-7H2,1H3,(H,15,16). The fourth-order valence-electron chi connectivity index (χ4n) is 2.76. The van der Waals surface area contributed by atoms with Crippen LogP contribution in [0.25, 0.3) is 11.0 Å². The predicted octanol–water partition coefficient (Wildman–Crippen LogP) is 2.28. The molecule has 1 saturated heterocycles. The summed E-state index contributed by atoms with van der Waals surface area (Å²) >= 11 is 0. The highest BCUT2D eigenvalue weighted by molar-refractivity contribution is 5.80. The SMILES string of the molecule is CC1CNCCC1c1c[nH]c2ncccc12. The summed E-state index contributed by atoms with van der Waals surface area (Å²) in [6.45, 7) is 4.57. The van der Waals surface area contributed by atoms with Gasteiger partial charge in [0.05, 0.1) is 0 Å². The Labute approximate surface area is 95.3 Å². The van der Waals surface area contributed by atoms with Crippen molar-refractivity contribution < 1.29 is 0 Å². The first-order chi connectivity index (χ1) is 7.86. The highest BCUT2D eigenvalue weighted by atomic mass is 14.9. The Hall–Kier alpha value is -1.35. The van der Waals surface area contributed by atoms with E-state index in [2.05, 4.69) is 34.5 Å². The fraction of sp³-hybridized carbons (Fsp3) is 0.462. The van der Waals surface area contributed by atoms with Crippen LogP contribution in [0.4, 0.5) is 0 Å². The van der Waals surface area contributed by atoms with Gasteiger partial charge < -0.3 is 10.3 Å². The molecular weight excluding hydrogens is 198 g/mol. The van der Waals surface area contributed by atoms with Crippen molar-refractivity contribution >= 4 is 11.0 Å². The van der Waals surface area contributed by atoms with Crippen LogP contribution in [0.3, 0.4) is 0 Å². The number of aromatic nitrogens is 2. The van der Waals surface area contributed by atoms with Gasteiger partial charge in [0.15, 0.2) is 0 Å². The molecule has 0 spiro atoms. The molecule has 2 unspecified atom stereocenters. The molecule has 0 amide bonds. The van der Waals surface area contributed by atoms with Crippen LogP contribution in [0.2, 0.25) is 0 Å². The van der Waals surface area contributed by atoms with E-state index in [0.29, 0.717) is 11.8 Å². The van der Waals surface area contributed by atoms with Crippen LogP contribution in [0.5, 0.6) is 0 Å². The van der Waals surface area contributed by atoms with Gasteiger partial charge in [-0.3, -0.25) is 0 Å². The Balaban J connectivity index is 2.04. The molecule has 3 nitrogen and oxygen atoms in total. The number of nitrogens with zero attached hydrogens (tertiary/aromatic N) is 1. The maximum atomic E-state index is 4.35. The Kier molecular flexibility index (Phi) is 2.40. The highest BCUT2D eigenvalue weighted by Crippen LogP contribution is 2.33. The number of hydrogen-bond acceptors (Lipinski definition) is 2. The quantitative estimate of drug-likeness (QED) is 0.766. The molecule has 2 aromatic rings. The van der Waals surface area contributed by atoms with Crippen molar-refractivity contribution in [3.8, 4) is 0 Å². The Morgan fingerprint density at radius 3 is 3.25 bits per heavy atom. The lowest BCUT2D eigenvalue weighted by atomic mass is 9.82. The molecule has 3 heteroatoms. The Morgan fingerprint density at radius 1 is 1.44 bits per heavy atom. The van der Waals surface area contributed by atoms with Gasteiger partial charge in [0, 0.05) is 17.8 Å². The zero-order chi connectivity index (χ0) is 11.0. The van der Waals surface area contributed by atoms with Gasteiger partial charge in [0.25, 0.3) is 0 Å². The van der Waals surface area contributed by atoms with Crippen LogP contribution in [-0.2, 0) is 0 Å². The topological polar surface area (TPSA) is 40.7 Å². The number of nitrogens with one attached hydrogen (secondary N) is 2. The Morgan fingerprint density at radius 2 is 2.38 bits per heavy atom. The molecule has 3 heterocycles. The van der Waals surface area contributed by atoms with Crippen molar-refractivity contribution in [3.63, 3.8) is 0 Å². The van der Waals surface area contributed by atoms with E-state index in [9.17, 15) is 0 Å². The third-order valence-corrected chi connectivity index (χ3v) is 3.67. The summed E-state index contributed by atoms with van der Waals surface area (Å²) in [4.78, 5) is 7.63. The number of piperidine rings is 1. The minimum Gasteiger partial charge on any atom is -0.346 e. The normalized spacial score (nSPS) is 26.1. The van der Waals surface area contributed by atoms with Crippen molar-refractivity contribution in [1.29, 1.82) is 0 Å². The summed E-state index contributed by atoms with van der Waals surface area (Å²) < 4.78 is 0. The van der Waals surface area contributed by atoms with Gasteiger partial charge in [0.1, 0.15) is 5.65 Å². The summed E-state index contributed by atoms with van der Waals surface area (Å²) in [5.74, 6) is 1.37. The molecule has 2 N–H and O–H groups in total. The molecule has 1 aliphatic heterocycles. The fourth-order valence-corrected chi connectivity index (χ4v) is 2.76. The van der Waals surface area contributed by atoms with Crippen molar-refractivity contribution in [1.82, 2.24) is 15.3 Å². The number of rotatable bonds is 1. The minimum atomic E-state index is 0.666. The molecule has 0 bridgehead atoms. The van der Waals surface area contributed by atoms with Crippen molar-refractivity contribution in [2.24, 2.45) is 5.92 Å². The van der Waals surface area contributed by atoms with Gasteiger partial charge in [-0.1, -0.05) is 6.92 Å². The molecule has 1 fully saturated rings. The molecular formula is C13H17N3. The first kappa shape index (κ1) is 9.85. The molecule has 0 saturated carbocycles. The van der Waals surface area contributed by atoms with Crippen molar-refractivity contribution in [3.05, 3.63) is 30.1 Å². The smallest absolute Gasteiger partial charge is 0.137 e. The van der Waals surface area contributed by atoms with E-state index in [0.717, 1.165) is 18.7 Å². The molecule has 84 valence electrons. The van der Waals surface area contributed by atoms with Crippen LogP contribution >= 0.6 is 0 Å². The molecule has 0 radical (unpaired) electrons. The van der Waals surface area contributed by atoms with E-state index >= 15 is 0 Å². The van der Waals surface area contributed by atoms with Crippen LogP contribution in [-0.4, -0.2) is 23.1 Å². The predicted molar refractivity (Wildman–Crippen MR) is 65.5 cm³/mol. The maximum absolute atomic E-state index is 4.35. The molecule has 16 heavy (non-hydrogen) atoms. The number of fused-ring (bicyclic) bond motifs is 1. The second-order valence-corrected chi connectivity index (χ2v) is 4.72. The highest BCUT2D eigenvalue weighted by Gasteiger charge is 2.24. The van der Waals surface area contributed by atoms with Gasteiger partial charge in [-0.2, -0.15) is 0 Å². The van der Waals surface area contributed by atoms with E-state index in [1.54, 1.807) is 0 Å². The zero-order valence-corrected chi connectivity index (χ0v) is 9.53. The van der Waals surface area contributed by atoms with E-state index in [1.165, 1.54) is 17.4 Å². The average molecular weight is 215 g/mol. The summed E-state index contributed by atoms with van der Waals surface area (Å²) in [6, 6.07) is 4.19. The third-order valence-electron chi connectivity index (χ3n) is 3.67. The van der Waals surface area contributed by atoms with E-state index in [-0.39, 0.29) is 0 Å². The van der Waals surface area contributed by atoms with Gasteiger partial charge in [0.2, 0.25) is 0 Å². The van der Waals surface area contributed by atoms with Crippen molar-refractivity contribution in [2.45, 2.75) is 19.3 Å². The number of hydrogen-bond donors (Lipinski definition) is 2. The first-order valence-electron chi connectivity index (χ1n) is 5.99. The minimum absolute atomic E-state index is 0.666. The van der Waals surface area contributed by atoms with Crippen LogP contribution in [0.1, 0.15) is 24.8 Å². The number of pyridine rings is 1. The zero-order valence-electron chi connectivity index (χ0n) is 9.53. The third kappa shape index (κ3) is 1.52. The van der Waals surface area contributed by atoms with Crippen LogP contribution in [0, 0.1) is 5.92 Å². The summed E-state index contributed by atoms with van der Waals surface area (Å²) in [7, 11) is 0. The van der Waals surface area contributed by atoms with E-state index < -0.39 is 0 Å². The number of aromatic amines is 1. The molecule has 0 aromatic carbocycles. The lowest BCUT2D eigenvalue weighted by Gasteiger charge is -2.29. The number of H-pyrrole nitrogens is 1. The Bertz CT molecular complexity index is 489. The summed E-state index contributed by atoms with van der Waals surface area (Å²) in [6.07, 6.45) is 5.21. The monoisotopic (exact) mass is 215 g/mol. The van der Waals surface area contributed by atoms with E-state index in [4.69, 9.17) is 0 Å². The molecule has 2 aromatic heterocycles. The lowest BCUT2D eigenvalue weighted by molar-refractivity contribution is 0.351. The second kappa shape index (κ2) is 3.91. The van der Waals surface area contributed by atoms with Gasteiger partial charge in [-0.05, 0) is 49.0 Å². The molecule has 1 aliphatic rings. The van der Waals surface area contributed by atoms with Crippen LogP contribution < -0.4 is 5.32 Å². The van der Waals surface area contributed by atoms with Gasteiger partial charge in [-0.15, -0.1) is 0 Å². The van der Waals surface area contributed by atoms with Crippen molar-refractivity contribution in [2.75, 3.05) is 13.1 Å². The van der Waals surface area contributed by atoms with E-state index in [1.807, 2.05) is 12.3 Å². The lowest BCUT2D eigenvalue weighted by Crippen LogP contribution is -2.33. The molecule has 3 rings (SSSR count). The average Bonchev–Trinajstić information content (AvgIpc) is 2.74. The van der Waals surface area contributed by atoms with Gasteiger partial charge in [-0.25, -0.2) is 4.98 Å². The maximum Gasteiger partial charge on any atom is 0.137 e. The summed E-state index contributed by atoms with van der Waals surface area (Å²) in [5.41, 5.74) is 2.46. The van der Waals surface area contributed by atoms with Gasteiger partial charge >= 0.3 is 0 Å².